The maximum Gasteiger partial charge on any atom is 0.226 e. The fourth-order valence-electron chi connectivity index (χ4n) is 4.50. The standard InChI is InChI=1S/C24H34N4O4/c1-4-5-8-28-24-23(17(2)26-28)19(16-22(29)25-24)18-6-7-20(30-3)21(15-18)32-14-11-27-9-12-31-13-10-27/h6-7,15,19H,4-5,8-14,16H2,1-3H3,(H,25,29). The summed E-state index contributed by atoms with van der Waals surface area (Å²) in [6, 6.07) is 5.99. The molecule has 32 heavy (non-hydrogen) atoms. The number of fused-ring (bicyclic) bond motifs is 1. The molecule has 0 spiro atoms. The summed E-state index contributed by atoms with van der Waals surface area (Å²) in [6.07, 6.45) is 2.50. The number of amides is 1. The minimum absolute atomic E-state index is 0.0192. The molecule has 1 fully saturated rings. The van der Waals surface area contributed by atoms with E-state index in [4.69, 9.17) is 19.3 Å². The van der Waals surface area contributed by atoms with Gasteiger partial charge in [-0.1, -0.05) is 19.4 Å². The molecule has 1 saturated heterocycles. The number of anilines is 1. The zero-order valence-electron chi connectivity index (χ0n) is 19.4. The van der Waals surface area contributed by atoms with Gasteiger partial charge in [0.25, 0.3) is 0 Å². The van der Waals surface area contributed by atoms with E-state index in [9.17, 15) is 4.79 Å². The van der Waals surface area contributed by atoms with Crippen LogP contribution in [0.2, 0.25) is 0 Å². The molecule has 1 unspecified atom stereocenters. The highest BCUT2D eigenvalue weighted by Crippen LogP contribution is 2.41. The van der Waals surface area contributed by atoms with E-state index in [1.807, 2.05) is 29.8 Å². The van der Waals surface area contributed by atoms with Crippen molar-refractivity contribution in [2.75, 3.05) is 51.9 Å². The number of nitrogens with one attached hydrogen (secondary N) is 1. The first-order valence-corrected chi connectivity index (χ1v) is 11.6. The molecule has 2 aliphatic heterocycles. The number of hydrogen-bond donors (Lipinski definition) is 1. The molecular weight excluding hydrogens is 408 g/mol. The third-order valence-electron chi connectivity index (χ3n) is 6.25. The Morgan fingerprint density at radius 1 is 1.22 bits per heavy atom. The molecule has 2 aliphatic rings. The zero-order chi connectivity index (χ0) is 22.5. The fraction of sp³-hybridized carbons (Fsp3) is 0.583. The Bertz CT molecular complexity index is 936. The first kappa shape index (κ1) is 22.6. The van der Waals surface area contributed by atoms with Gasteiger partial charge in [0.15, 0.2) is 11.5 Å². The minimum atomic E-state index is -0.0541. The Hall–Kier alpha value is -2.58. The third-order valence-corrected chi connectivity index (χ3v) is 6.25. The molecule has 1 aromatic carbocycles. The Labute approximate surface area is 189 Å². The first-order valence-electron chi connectivity index (χ1n) is 11.6. The number of ether oxygens (including phenoxy) is 3. The van der Waals surface area contributed by atoms with Crippen molar-refractivity contribution >= 4 is 11.7 Å². The number of rotatable bonds is 9. The summed E-state index contributed by atoms with van der Waals surface area (Å²) in [5.41, 5.74) is 3.11. The number of carbonyl (C=O) groups is 1. The second-order valence-corrected chi connectivity index (χ2v) is 8.44. The summed E-state index contributed by atoms with van der Waals surface area (Å²) in [7, 11) is 1.65. The molecule has 174 valence electrons. The van der Waals surface area contributed by atoms with Crippen molar-refractivity contribution in [2.24, 2.45) is 0 Å². The van der Waals surface area contributed by atoms with Gasteiger partial charge in [-0.25, -0.2) is 4.68 Å². The second kappa shape index (κ2) is 10.4. The number of aromatic nitrogens is 2. The quantitative estimate of drug-likeness (QED) is 0.643. The molecule has 2 aromatic rings. The van der Waals surface area contributed by atoms with Gasteiger partial charge in [-0.15, -0.1) is 0 Å². The molecule has 1 atom stereocenters. The number of nitrogens with zero attached hydrogens (tertiary/aromatic N) is 3. The SMILES string of the molecule is CCCCn1nc(C)c2c1NC(=O)CC2c1ccc(OC)c(OCCN2CCOCC2)c1. The van der Waals surface area contributed by atoms with Crippen LogP contribution in [-0.4, -0.2) is 67.2 Å². The van der Waals surface area contributed by atoms with Crippen LogP contribution in [-0.2, 0) is 16.1 Å². The van der Waals surface area contributed by atoms with Crippen molar-refractivity contribution < 1.29 is 19.0 Å². The summed E-state index contributed by atoms with van der Waals surface area (Å²) in [6.45, 7) is 9.81. The number of unbranched alkanes of at least 4 members (excludes halogenated alkanes) is 1. The van der Waals surface area contributed by atoms with Crippen molar-refractivity contribution in [2.45, 2.75) is 45.6 Å². The molecule has 8 nitrogen and oxygen atoms in total. The van der Waals surface area contributed by atoms with E-state index in [-0.39, 0.29) is 11.8 Å². The van der Waals surface area contributed by atoms with Crippen molar-refractivity contribution in [1.29, 1.82) is 0 Å². The zero-order valence-corrected chi connectivity index (χ0v) is 19.4. The van der Waals surface area contributed by atoms with Gasteiger partial charge >= 0.3 is 0 Å². The maximum atomic E-state index is 12.6. The van der Waals surface area contributed by atoms with Crippen LogP contribution in [0.3, 0.4) is 0 Å². The molecule has 0 radical (unpaired) electrons. The minimum Gasteiger partial charge on any atom is -0.493 e. The average Bonchev–Trinajstić information content (AvgIpc) is 3.12. The smallest absolute Gasteiger partial charge is 0.226 e. The van der Waals surface area contributed by atoms with Crippen molar-refractivity contribution in [3.63, 3.8) is 0 Å². The Morgan fingerprint density at radius 2 is 2.03 bits per heavy atom. The lowest BCUT2D eigenvalue weighted by Crippen LogP contribution is -2.38. The first-order chi connectivity index (χ1) is 15.6. The highest BCUT2D eigenvalue weighted by Gasteiger charge is 2.32. The van der Waals surface area contributed by atoms with Crippen molar-refractivity contribution in [3.05, 3.63) is 35.0 Å². The van der Waals surface area contributed by atoms with E-state index in [0.29, 0.717) is 24.5 Å². The summed E-state index contributed by atoms with van der Waals surface area (Å²) in [5.74, 6) is 2.21. The number of hydrogen-bond acceptors (Lipinski definition) is 6. The molecule has 1 amide bonds. The predicted molar refractivity (Wildman–Crippen MR) is 123 cm³/mol. The van der Waals surface area contributed by atoms with Crippen molar-refractivity contribution in [1.82, 2.24) is 14.7 Å². The highest BCUT2D eigenvalue weighted by atomic mass is 16.5. The van der Waals surface area contributed by atoms with Crippen LogP contribution in [0.5, 0.6) is 11.5 Å². The molecule has 0 bridgehead atoms. The fourth-order valence-corrected chi connectivity index (χ4v) is 4.50. The Morgan fingerprint density at radius 3 is 2.78 bits per heavy atom. The van der Waals surface area contributed by atoms with Crippen LogP contribution in [0, 0.1) is 6.92 Å². The maximum absolute atomic E-state index is 12.6. The van der Waals surface area contributed by atoms with E-state index < -0.39 is 0 Å². The molecule has 8 heteroatoms. The molecule has 0 aliphatic carbocycles. The van der Waals surface area contributed by atoms with Crippen LogP contribution >= 0.6 is 0 Å². The van der Waals surface area contributed by atoms with Gasteiger partial charge in [0.05, 0.1) is 26.0 Å². The lowest BCUT2D eigenvalue weighted by molar-refractivity contribution is -0.116. The summed E-state index contributed by atoms with van der Waals surface area (Å²) < 4.78 is 19.0. The molecular formula is C24H34N4O4. The second-order valence-electron chi connectivity index (χ2n) is 8.44. The summed E-state index contributed by atoms with van der Waals surface area (Å²) >= 11 is 0. The van der Waals surface area contributed by atoms with Gasteiger partial charge < -0.3 is 19.5 Å². The number of morpholine rings is 1. The predicted octanol–water partition coefficient (Wildman–Crippen LogP) is 3.19. The topological polar surface area (TPSA) is 77.9 Å². The van der Waals surface area contributed by atoms with E-state index in [2.05, 4.69) is 17.1 Å². The largest absolute Gasteiger partial charge is 0.493 e. The number of methoxy groups -OCH3 is 1. The number of carbonyl (C=O) groups excluding carboxylic acids is 1. The summed E-state index contributed by atoms with van der Waals surface area (Å²) in [5, 5.41) is 7.78. The van der Waals surface area contributed by atoms with E-state index in [0.717, 1.165) is 74.9 Å². The molecule has 3 heterocycles. The Kier molecular flexibility index (Phi) is 7.32. The third kappa shape index (κ3) is 4.91. The van der Waals surface area contributed by atoms with Gasteiger partial charge in [-0.05, 0) is 31.0 Å². The molecule has 4 rings (SSSR count). The Balaban J connectivity index is 1.56. The monoisotopic (exact) mass is 442 g/mol. The van der Waals surface area contributed by atoms with Crippen LogP contribution < -0.4 is 14.8 Å². The highest BCUT2D eigenvalue weighted by molar-refractivity contribution is 5.94. The molecule has 0 saturated carbocycles. The van der Waals surface area contributed by atoms with Gasteiger partial charge in [-0.3, -0.25) is 9.69 Å². The molecule has 1 N–H and O–H groups in total. The van der Waals surface area contributed by atoms with Gasteiger partial charge in [0.2, 0.25) is 5.91 Å². The lowest BCUT2D eigenvalue weighted by Gasteiger charge is -2.27. The van der Waals surface area contributed by atoms with Gasteiger partial charge in [0.1, 0.15) is 12.4 Å². The van der Waals surface area contributed by atoms with Crippen molar-refractivity contribution in [3.8, 4) is 11.5 Å². The normalized spacial score (nSPS) is 18.8. The average molecular weight is 443 g/mol. The number of aryl methyl sites for hydroxylation is 2. The van der Waals surface area contributed by atoms with Gasteiger partial charge in [0, 0.05) is 44.1 Å². The lowest BCUT2D eigenvalue weighted by atomic mass is 9.85. The van der Waals surface area contributed by atoms with Crippen LogP contribution in [0.15, 0.2) is 18.2 Å². The van der Waals surface area contributed by atoms with E-state index in [1.165, 1.54) is 0 Å². The van der Waals surface area contributed by atoms with Gasteiger partial charge in [-0.2, -0.15) is 5.10 Å². The molecule has 1 aromatic heterocycles. The van der Waals surface area contributed by atoms with E-state index >= 15 is 0 Å². The van der Waals surface area contributed by atoms with Crippen LogP contribution in [0.25, 0.3) is 0 Å². The van der Waals surface area contributed by atoms with Crippen LogP contribution in [0.1, 0.15) is 48.9 Å². The summed E-state index contributed by atoms with van der Waals surface area (Å²) in [4.78, 5) is 14.9. The van der Waals surface area contributed by atoms with E-state index in [1.54, 1.807) is 7.11 Å². The number of benzene rings is 1. The van der Waals surface area contributed by atoms with Crippen LogP contribution in [0.4, 0.5) is 5.82 Å².